The lowest BCUT2D eigenvalue weighted by Crippen LogP contribution is -2.53. The Hall–Kier alpha value is -2.33. The van der Waals surface area contributed by atoms with Crippen LogP contribution < -0.4 is 4.74 Å². The molecule has 0 heterocycles. The first kappa shape index (κ1) is 35.9. The molecule has 0 spiro atoms. The molecule has 0 amide bonds. The number of carbonyl (C=O) groups excluding carboxylic acids is 1. The molecule has 0 saturated carbocycles. The van der Waals surface area contributed by atoms with E-state index in [1.807, 2.05) is 6.07 Å². The average Bonchev–Trinajstić information content (AvgIpc) is 2.99. The molecule has 2 aromatic carbocycles. The molecule has 0 bridgehead atoms. The molecular weight excluding hydrogens is 518 g/mol. The van der Waals surface area contributed by atoms with E-state index in [2.05, 4.69) is 83.4 Å². The van der Waals surface area contributed by atoms with Gasteiger partial charge in [0.05, 0.1) is 14.1 Å². The van der Waals surface area contributed by atoms with Crippen LogP contribution in [-0.4, -0.2) is 43.3 Å². The van der Waals surface area contributed by atoms with Crippen LogP contribution in [-0.2, 0) is 22.5 Å². The number of unbranched alkanes of at least 4 members (excludes halogenated alkanes) is 11. The van der Waals surface area contributed by atoms with Crippen LogP contribution in [0.2, 0.25) is 0 Å². The first-order chi connectivity index (χ1) is 20.4. The zero-order chi connectivity index (χ0) is 30.5. The maximum absolute atomic E-state index is 13.3. The highest BCUT2D eigenvalue weighted by atomic mass is 16.6. The number of carbonyl (C=O) groups is 1. The molecule has 42 heavy (non-hydrogen) atoms. The van der Waals surface area contributed by atoms with Crippen molar-refractivity contribution in [2.45, 2.75) is 142 Å². The Balaban J connectivity index is 1.69. The lowest BCUT2D eigenvalue weighted by Gasteiger charge is -2.36. The monoisotopic (exact) mass is 580 g/mol. The molecule has 0 aliphatic rings. The summed E-state index contributed by atoms with van der Waals surface area (Å²) in [6, 6.07) is 18.7. The molecule has 0 N–H and O–H groups in total. The molecule has 2 rings (SSSR count). The molecule has 4 heteroatoms. The summed E-state index contributed by atoms with van der Waals surface area (Å²) < 4.78 is 12.7. The van der Waals surface area contributed by atoms with Gasteiger partial charge in [-0.3, -0.25) is 0 Å². The Morgan fingerprint density at radius 2 is 1.26 bits per heavy atom. The van der Waals surface area contributed by atoms with E-state index in [0.717, 1.165) is 38.0 Å². The Kier molecular flexibility index (Phi) is 18.3. The second-order valence-electron chi connectivity index (χ2n) is 12.8. The predicted octanol–water partition coefficient (Wildman–Crippen LogP) is 10.1. The fraction of sp³-hybridized carbons (Fsp3) is 0.658. The second kappa shape index (κ2) is 21.4. The summed E-state index contributed by atoms with van der Waals surface area (Å²) in [7, 11) is 4.25. The van der Waals surface area contributed by atoms with E-state index in [9.17, 15) is 4.79 Å². The highest BCUT2D eigenvalue weighted by molar-refractivity contribution is 5.74. The van der Waals surface area contributed by atoms with Gasteiger partial charge in [0.2, 0.25) is 0 Å². The van der Waals surface area contributed by atoms with Gasteiger partial charge >= 0.3 is 5.97 Å². The highest BCUT2D eigenvalue weighted by Crippen LogP contribution is 2.21. The van der Waals surface area contributed by atoms with Crippen molar-refractivity contribution in [1.82, 2.24) is 0 Å². The van der Waals surface area contributed by atoms with E-state index in [4.69, 9.17) is 9.47 Å². The molecule has 2 unspecified atom stereocenters. The van der Waals surface area contributed by atoms with Crippen LogP contribution in [0.15, 0.2) is 54.6 Å². The molecular formula is C38H62NO3+. The summed E-state index contributed by atoms with van der Waals surface area (Å²) in [6.45, 7) is 7.56. The van der Waals surface area contributed by atoms with E-state index in [1.54, 1.807) is 0 Å². The van der Waals surface area contributed by atoms with Gasteiger partial charge in [0.25, 0.3) is 0 Å². The van der Waals surface area contributed by atoms with E-state index < -0.39 is 0 Å². The van der Waals surface area contributed by atoms with Crippen LogP contribution in [0.25, 0.3) is 0 Å². The zero-order valence-corrected chi connectivity index (χ0v) is 27.8. The van der Waals surface area contributed by atoms with Gasteiger partial charge < -0.3 is 14.0 Å². The average molecular weight is 581 g/mol. The maximum Gasteiger partial charge on any atom is 0.365 e. The molecule has 236 valence electrons. The Labute approximate surface area is 258 Å². The van der Waals surface area contributed by atoms with Gasteiger partial charge in [0.1, 0.15) is 25.0 Å². The Bertz CT molecular complexity index is 941. The first-order valence-corrected chi connectivity index (χ1v) is 17.2. The van der Waals surface area contributed by atoms with E-state index in [1.165, 1.54) is 88.2 Å². The van der Waals surface area contributed by atoms with Crippen molar-refractivity contribution < 1.29 is 18.8 Å². The number of likely N-dealkylation sites (N-methyl/N-ethyl adjacent to an activating group) is 1. The largest absolute Gasteiger partial charge is 0.487 e. The minimum atomic E-state index is -0.202. The van der Waals surface area contributed by atoms with E-state index in [-0.39, 0.29) is 24.7 Å². The number of nitrogens with zero attached hydrogens (tertiary/aromatic N) is 1. The van der Waals surface area contributed by atoms with Crippen LogP contribution in [0, 0.1) is 0 Å². The summed E-state index contributed by atoms with van der Waals surface area (Å²) in [5, 5.41) is 0. The maximum atomic E-state index is 13.3. The third kappa shape index (κ3) is 14.7. The van der Waals surface area contributed by atoms with Gasteiger partial charge in [0.15, 0.2) is 6.04 Å². The van der Waals surface area contributed by atoms with Crippen LogP contribution in [0.4, 0.5) is 0 Å². The summed E-state index contributed by atoms with van der Waals surface area (Å²) in [5.41, 5.74) is 2.60. The minimum absolute atomic E-state index is 0.127. The molecule has 0 aliphatic heterocycles. The number of benzene rings is 2. The number of ether oxygens (including phenoxy) is 2. The van der Waals surface area contributed by atoms with Gasteiger partial charge in [-0.05, 0) is 43.4 Å². The number of esters is 1. The van der Waals surface area contributed by atoms with Crippen molar-refractivity contribution in [3.05, 3.63) is 65.7 Å². The summed E-state index contributed by atoms with van der Waals surface area (Å²) in [5.74, 6) is 0.722. The molecule has 2 atom stereocenters. The lowest BCUT2D eigenvalue weighted by atomic mass is 10.0. The topological polar surface area (TPSA) is 35.5 Å². The van der Waals surface area contributed by atoms with Crippen LogP contribution in [0.1, 0.15) is 128 Å². The van der Waals surface area contributed by atoms with Crippen molar-refractivity contribution in [1.29, 1.82) is 0 Å². The van der Waals surface area contributed by atoms with Crippen molar-refractivity contribution >= 4 is 5.97 Å². The molecule has 0 aromatic heterocycles. The molecule has 0 fully saturated rings. The second-order valence-corrected chi connectivity index (χ2v) is 12.8. The Morgan fingerprint density at radius 1 is 0.690 bits per heavy atom. The third-order valence-corrected chi connectivity index (χ3v) is 8.52. The van der Waals surface area contributed by atoms with Gasteiger partial charge in [-0.25, -0.2) is 4.79 Å². The zero-order valence-electron chi connectivity index (χ0n) is 27.8. The number of aryl methyl sites for hydroxylation is 1. The molecule has 0 aliphatic carbocycles. The third-order valence-electron chi connectivity index (χ3n) is 8.52. The Morgan fingerprint density at radius 3 is 1.81 bits per heavy atom. The van der Waals surface area contributed by atoms with Crippen molar-refractivity contribution in [2.24, 2.45) is 0 Å². The first-order valence-electron chi connectivity index (χ1n) is 17.2. The standard InChI is InChI=1S/C38H62NO3/c1-6-9-10-11-12-13-14-15-16-17-18-20-24-33-27-29-36(30-28-33)42-35(8-3)32-41-38(40)37(23-7-2)39(4,5)31-34-25-21-19-22-26-34/h19,21-22,25-30,35,37H,6-18,20,23-24,31-32H2,1-5H3/q+1. The van der Waals surface area contributed by atoms with Gasteiger partial charge in [0, 0.05) is 12.0 Å². The minimum Gasteiger partial charge on any atom is -0.487 e. The van der Waals surface area contributed by atoms with Gasteiger partial charge in [-0.15, -0.1) is 0 Å². The van der Waals surface area contributed by atoms with Crippen molar-refractivity contribution in [3.8, 4) is 5.75 Å². The smallest absolute Gasteiger partial charge is 0.365 e. The fourth-order valence-corrected chi connectivity index (χ4v) is 5.79. The molecule has 0 saturated heterocycles. The van der Waals surface area contributed by atoms with Crippen LogP contribution >= 0.6 is 0 Å². The van der Waals surface area contributed by atoms with Crippen molar-refractivity contribution in [3.63, 3.8) is 0 Å². The van der Waals surface area contributed by atoms with Crippen molar-refractivity contribution in [2.75, 3.05) is 20.7 Å². The van der Waals surface area contributed by atoms with Gasteiger partial charge in [-0.2, -0.15) is 0 Å². The van der Waals surface area contributed by atoms with Crippen LogP contribution in [0.3, 0.4) is 0 Å². The predicted molar refractivity (Wildman–Crippen MR) is 178 cm³/mol. The lowest BCUT2D eigenvalue weighted by molar-refractivity contribution is -0.920. The fourth-order valence-electron chi connectivity index (χ4n) is 5.79. The summed E-state index contributed by atoms with van der Waals surface area (Å²) in [4.78, 5) is 13.3. The van der Waals surface area contributed by atoms with E-state index in [0.29, 0.717) is 4.48 Å². The number of hydrogen-bond acceptors (Lipinski definition) is 3. The summed E-state index contributed by atoms with van der Waals surface area (Å²) in [6.07, 6.45) is 20.1. The molecule has 2 aromatic rings. The summed E-state index contributed by atoms with van der Waals surface area (Å²) >= 11 is 0. The van der Waals surface area contributed by atoms with Crippen LogP contribution in [0.5, 0.6) is 5.75 Å². The number of rotatable bonds is 24. The molecule has 0 radical (unpaired) electrons. The van der Waals surface area contributed by atoms with Gasteiger partial charge in [-0.1, -0.05) is 134 Å². The quantitative estimate of drug-likeness (QED) is 0.0704. The van der Waals surface area contributed by atoms with E-state index >= 15 is 0 Å². The molecule has 4 nitrogen and oxygen atoms in total. The SMILES string of the molecule is CCCCCCCCCCCCCCc1ccc(OC(CC)COC(=O)C(CCC)[N+](C)(C)Cc2ccccc2)cc1. The number of quaternary nitrogens is 1. The number of hydrogen-bond donors (Lipinski definition) is 0. The normalized spacial score (nSPS) is 13.1. The highest BCUT2D eigenvalue weighted by Gasteiger charge is 2.36.